The molecule has 0 aliphatic rings. The number of thiol groups is 1. The van der Waals surface area contributed by atoms with Crippen molar-refractivity contribution < 1.29 is 19.4 Å². The Labute approximate surface area is 135 Å². The van der Waals surface area contributed by atoms with E-state index in [4.69, 9.17) is 20.9 Å². The summed E-state index contributed by atoms with van der Waals surface area (Å²) in [5, 5.41) is 12.3. The molecule has 8 heteroatoms. The normalized spacial score (nSPS) is 13.3. The summed E-state index contributed by atoms with van der Waals surface area (Å²) in [6.07, 6.45) is -0.704. The molecule has 2 unspecified atom stereocenters. The van der Waals surface area contributed by atoms with Gasteiger partial charge in [0.05, 0.1) is 25.8 Å². The standard InChI is InChI=1S/C14H23N3O4S/c1-8(18)9-5-12(20-2)13(6-10(9)15)21-4-3-17-14(19)11(16)7-22/h5-6,8,11,18,22H,3-4,7,15-16H2,1-2H3,(H,17,19). The van der Waals surface area contributed by atoms with Gasteiger partial charge in [0, 0.05) is 23.1 Å². The molecular formula is C14H23N3O4S. The monoisotopic (exact) mass is 329 g/mol. The number of carbonyl (C=O) groups excluding carboxylic acids is 1. The lowest BCUT2D eigenvalue weighted by atomic mass is 10.1. The largest absolute Gasteiger partial charge is 0.493 e. The summed E-state index contributed by atoms with van der Waals surface area (Å²) in [6, 6.07) is 2.58. The Hall–Kier alpha value is -1.64. The van der Waals surface area contributed by atoms with Gasteiger partial charge >= 0.3 is 0 Å². The maximum Gasteiger partial charge on any atom is 0.237 e. The summed E-state index contributed by atoms with van der Waals surface area (Å²) in [4.78, 5) is 11.5. The number of carbonyl (C=O) groups is 1. The molecule has 1 rings (SSSR count). The summed E-state index contributed by atoms with van der Waals surface area (Å²) >= 11 is 3.95. The summed E-state index contributed by atoms with van der Waals surface area (Å²) in [6.45, 7) is 2.14. The SMILES string of the molecule is COc1cc(C(C)O)c(N)cc1OCCNC(=O)C(N)CS. The first-order chi connectivity index (χ1) is 10.4. The number of hydrogen-bond donors (Lipinski definition) is 5. The summed E-state index contributed by atoms with van der Waals surface area (Å²) in [5.41, 5.74) is 12.4. The van der Waals surface area contributed by atoms with E-state index in [9.17, 15) is 9.90 Å². The maximum absolute atomic E-state index is 11.5. The van der Waals surface area contributed by atoms with Crippen LogP contribution in [-0.2, 0) is 4.79 Å². The minimum atomic E-state index is -0.704. The van der Waals surface area contributed by atoms with Crippen molar-refractivity contribution in [3.05, 3.63) is 17.7 Å². The number of aliphatic hydroxyl groups is 1. The molecule has 0 spiro atoms. The van der Waals surface area contributed by atoms with E-state index in [1.807, 2.05) is 0 Å². The summed E-state index contributed by atoms with van der Waals surface area (Å²) in [7, 11) is 1.50. The lowest BCUT2D eigenvalue weighted by molar-refractivity contribution is -0.121. The number of benzene rings is 1. The number of methoxy groups -OCH3 is 1. The van der Waals surface area contributed by atoms with Gasteiger partial charge in [-0.05, 0) is 13.0 Å². The third-order valence-electron chi connectivity index (χ3n) is 3.01. The van der Waals surface area contributed by atoms with Crippen molar-refractivity contribution in [3.8, 4) is 11.5 Å². The molecule has 0 aliphatic heterocycles. The molecule has 2 atom stereocenters. The summed E-state index contributed by atoms with van der Waals surface area (Å²) in [5.74, 6) is 0.896. The zero-order valence-corrected chi connectivity index (χ0v) is 13.6. The van der Waals surface area contributed by atoms with Crippen LogP contribution in [0.15, 0.2) is 12.1 Å². The minimum Gasteiger partial charge on any atom is -0.493 e. The Balaban J connectivity index is 2.62. The number of aliphatic hydroxyl groups excluding tert-OH is 1. The van der Waals surface area contributed by atoms with E-state index in [0.717, 1.165) is 0 Å². The zero-order chi connectivity index (χ0) is 16.7. The van der Waals surface area contributed by atoms with Gasteiger partial charge in [-0.2, -0.15) is 12.6 Å². The van der Waals surface area contributed by atoms with Crippen LogP contribution in [0, 0.1) is 0 Å². The van der Waals surface area contributed by atoms with Crippen molar-refractivity contribution in [2.45, 2.75) is 19.1 Å². The second kappa shape index (κ2) is 8.72. The summed E-state index contributed by atoms with van der Waals surface area (Å²) < 4.78 is 10.8. The first-order valence-electron chi connectivity index (χ1n) is 6.83. The molecule has 0 heterocycles. The van der Waals surface area contributed by atoms with Gasteiger partial charge in [-0.25, -0.2) is 0 Å². The van der Waals surface area contributed by atoms with Gasteiger partial charge < -0.3 is 31.4 Å². The molecular weight excluding hydrogens is 306 g/mol. The molecule has 7 nitrogen and oxygen atoms in total. The van der Waals surface area contributed by atoms with Crippen molar-refractivity contribution in [2.75, 3.05) is 31.7 Å². The number of nitrogen functional groups attached to an aromatic ring is 1. The maximum atomic E-state index is 11.5. The molecule has 0 fully saturated rings. The average molecular weight is 329 g/mol. The van der Waals surface area contributed by atoms with Crippen molar-refractivity contribution in [3.63, 3.8) is 0 Å². The molecule has 1 aromatic rings. The smallest absolute Gasteiger partial charge is 0.237 e. The topological polar surface area (TPSA) is 120 Å². The molecule has 0 aromatic heterocycles. The molecule has 0 radical (unpaired) electrons. The van der Waals surface area contributed by atoms with Crippen molar-refractivity contribution in [1.29, 1.82) is 0 Å². The molecule has 0 saturated carbocycles. The van der Waals surface area contributed by atoms with Gasteiger partial charge in [0.1, 0.15) is 6.61 Å². The van der Waals surface area contributed by atoms with E-state index >= 15 is 0 Å². The van der Waals surface area contributed by atoms with E-state index in [-0.39, 0.29) is 18.3 Å². The Morgan fingerprint density at radius 2 is 2.14 bits per heavy atom. The van der Waals surface area contributed by atoms with Gasteiger partial charge in [-0.3, -0.25) is 4.79 Å². The second-order valence-corrected chi connectivity index (χ2v) is 5.10. The molecule has 0 aliphatic carbocycles. The van der Waals surface area contributed by atoms with Crippen LogP contribution in [0.1, 0.15) is 18.6 Å². The molecule has 0 bridgehead atoms. The molecule has 22 heavy (non-hydrogen) atoms. The van der Waals surface area contributed by atoms with Crippen LogP contribution in [0.5, 0.6) is 11.5 Å². The number of nitrogens with two attached hydrogens (primary N) is 2. The Morgan fingerprint density at radius 1 is 1.45 bits per heavy atom. The molecule has 124 valence electrons. The van der Waals surface area contributed by atoms with Gasteiger partial charge in [0.15, 0.2) is 11.5 Å². The molecule has 0 saturated heterocycles. The number of rotatable bonds is 8. The van der Waals surface area contributed by atoms with E-state index in [1.54, 1.807) is 19.1 Å². The Bertz CT molecular complexity index is 511. The quantitative estimate of drug-likeness (QED) is 0.262. The van der Waals surface area contributed by atoms with Crippen molar-refractivity contribution in [1.82, 2.24) is 5.32 Å². The van der Waals surface area contributed by atoms with Gasteiger partial charge in [0.2, 0.25) is 5.91 Å². The highest BCUT2D eigenvalue weighted by Gasteiger charge is 2.14. The highest BCUT2D eigenvalue weighted by Crippen LogP contribution is 2.34. The van der Waals surface area contributed by atoms with Gasteiger partial charge in [-0.1, -0.05) is 0 Å². The van der Waals surface area contributed by atoms with Crippen molar-refractivity contribution >= 4 is 24.2 Å². The van der Waals surface area contributed by atoms with Crippen LogP contribution in [0.2, 0.25) is 0 Å². The Morgan fingerprint density at radius 3 is 2.68 bits per heavy atom. The predicted molar refractivity (Wildman–Crippen MR) is 88.4 cm³/mol. The Kier molecular flexibility index (Phi) is 7.30. The van der Waals surface area contributed by atoms with Gasteiger partial charge in [0.25, 0.3) is 0 Å². The van der Waals surface area contributed by atoms with Crippen LogP contribution in [0.4, 0.5) is 5.69 Å². The number of ether oxygens (including phenoxy) is 2. The van der Waals surface area contributed by atoms with Crippen LogP contribution >= 0.6 is 12.6 Å². The van der Waals surface area contributed by atoms with E-state index in [2.05, 4.69) is 17.9 Å². The third-order valence-corrected chi connectivity index (χ3v) is 3.41. The van der Waals surface area contributed by atoms with Crippen LogP contribution in [0.25, 0.3) is 0 Å². The van der Waals surface area contributed by atoms with E-state index in [0.29, 0.717) is 29.3 Å². The number of anilines is 1. The van der Waals surface area contributed by atoms with E-state index in [1.165, 1.54) is 7.11 Å². The molecule has 1 amide bonds. The second-order valence-electron chi connectivity index (χ2n) is 4.74. The fraction of sp³-hybridized carbons (Fsp3) is 0.500. The van der Waals surface area contributed by atoms with Gasteiger partial charge in [-0.15, -0.1) is 0 Å². The predicted octanol–water partition coefficient (Wildman–Crippen LogP) is 0.0828. The first kappa shape index (κ1) is 18.4. The zero-order valence-electron chi connectivity index (χ0n) is 12.7. The lowest BCUT2D eigenvalue weighted by Crippen LogP contribution is -2.43. The van der Waals surface area contributed by atoms with Crippen molar-refractivity contribution in [2.24, 2.45) is 5.73 Å². The fourth-order valence-corrected chi connectivity index (χ4v) is 1.94. The molecule has 6 N–H and O–H groups in total. The minimum absolute atomic E-state index is 0.231. The number of hydrogen-bond acceptors (Lipinski definition) is 7. The number of amides is 1. The lowest BCUT2D eigenvalue weighted by Gasteiger charge is -2.16. The van der Waals surface area contributed by atoms with Crippen LogP contribution in [-0.4, -0.2) is 43.1 Å². The average Bonchev–Trinajstić information content (AvgIpc) is 2.50. The third kappa shape index (κ3) is 4.97. The fourth-order valence-electron chi connectivity index (χ4n) is 1.77. The number of nitrogens with one attached hydrogen (secondary N) is 1. The van der Waals surface area contributed by atoms with E-state index < -0.39 is 12.1 Å². The highest BCUT2D eigenvalue weighted by atomic mass is 32.1. The van der Waals surface area contributed by atoms with Crippen LogP contribution in [0.3, 0.4) is 0 Å². The highest BCUT2D eigenvalue weighted by molar-refractivity contribution is 7.80. The first-order valence-corrected chi connectivity index (χ1v) is 7.46. The van der Waals surface area contributed by atoms with Crippen LogP contribution < -0.4 is 26.3 Å². The molecule has 1 aromatic carbocycles.